The molecule has 2 rings (SSSR count). The summed E-state index contributed by atoms with van der Waals surface area (Å²) < 4.78 is 10.5. The molecule has 1 unspecified atom stereocenters. The average Bonchev–Trinajstić information content (AvgIpc) is 2.76. The van der Waals surface area contributed by atoms with Gasteiger partial charge in [0.25, 0.3) is 0 Å². The minimum Gasteiger partial charge on any atom is -0.457 e. The van der Waals surface area contributed by atoms with E-state index in [2.05, 4.69) is 11.1 Å². The van der Waals surface area contributed by atoms with Crippen LogP contribution >= 0.6 is 0 Å². The number of nitrogens with zero attached hydrogens (tertiary/aromatic N) is 1. The zero-order valence-electron chi connectivity index (χ0n) is 11.2. The lowest BCUT2D eigenvalue weighted by Gasteiger charge is -2.19. The normalized spacial score (nSPS) is 12.1. The highest BCUT2D eigenvalue weighted by Gasteiger charge is 2.21. The third-order valence-electron chi connectivity index (χ3n) is 3.11. The number of benzene rings is 1. The summed E-state index contributed by atoms with van der Waals surface area (Å²) in [6, 6.07) is 1.89. The quantitative estimate of drug-likeness (QED) is 0.626. The number of aromatic nitrogens is 1. The zero-order valence-corrected chi connectivity index (χ0v) is 11.2. The first kappa shape index (κ1) is 13.2. The van der Waals surface area contributed by atoms with E-state index >= 15 is 0 Å². The van der Waals surface area contributed by atoms with Crippen LogP contribution in [0.5, 0.6) is 0 Å². The molecule has 0 aliphatic rings. The maximum atomic E-state index is 11.2. The summed E-state index contributed by atoms with van der Waals surface area (Å²) in [7, 11) is 0. The number of aryl methyl sites for hydroxylation is 2. The van der Waals surface area contributed by atoms with Gasteiger partial charge in [-0.05, 0) is 31.0 Å². The highest BCUT2D eigenvalue weighted by Crippen LogP contribution is 2.32. The Kier molecular flexibility index (Phi) is 3.57. The number of rotatable bonds is 3. The van der Waals surface area contributed by atoms with Crippen molar-refractivity contribution in [1.82, 2.24) is 5.16 Å². The number of carbonyl (C=O) groups is 1. The van der Waals surface area contributed by atoms with Crippen LogP contribution < -0.4 is 0 Å². The highest BCUT2D eigenvalue weighted by atomic mass is 16.5. The van der Waals surface area contributed by atoms with E-state index in [1.54, 1.807) is 6.20 Å². The van der Waals surface area contributed by atoms with Crippen LogP contribution in [0.25, 0.3) is 11.0 Å². The summed E-state index contributed by atoms with van der Waals surface area (Å²) in [5.74, 6) is 2.21. The first-order valence-electron chi connectivity index (χ1n) is 5.99. The van der Waals surface area contributed by atoms with Crippen LogP contribution in [0, 0.1) is 26.2 Å². The Morgan fingerprint density at radius 1 is 1.58 bits per heavy atom. The van der Waals surface area contributed by atoms with E-state index in [0.717, 1.165) is 27.7 Å². The van der Waals surface area contributed by atoms with Gasteiger partial charge in [-0.15, -0.1) is 12.3 Å². The standard InChI is InChI=1S/C15H15NO3/c1-5-6-13(18-11(4)17)15-9(2)7-14-12(10(15)3)8-16-19-14/h1,7-8,13H,6H2,2-4H3. The summed E-state index contributed by atoms with van der Waals surface area (Å²) in [4.78, 5) is 11.2. The van der Waals surface area contributed by atoms with E-state index in [-0.39, 0.29) is 5.97 Å². The summed E-state index contributed by atoms with van der Waals surface area (Å²) in [5, 5.41) is 4.70. The lowest BCUT2D eigenvalue weighted by atomic mass is 9.94. The van der Waals surface area contributed by atoms with Crippen LogP contribution in [0.3, 0.4) is 0 Å². The van der Waals surface area contributed by atoms with E-state index in [1.165, 1.54) is 6.92 Å². The Morgan fingerprint density at radius 2 is 2.32 bits per heavy atom. The fraction of sp³-hybridized carbons (Fsp3) is 0.333. The molecule has 0 aliphatic heterocycles. The minimum absolute atomic E-state index is 0.343. The smallest absolute Gasteiger partial charge is 0.303 e. The number of esters is 1. The second-order valence-electron chi connectivity index (χ2n) is 4.48. The van der Waals surface area contributed by atoms with Gasteiger partial charge in [-0.1, -0.05) is 5.16 Å². The molecule has 1 atom stereocenters. The maximum absolute atomic E-state index is 11.2. The van der Waals surface area contributed by atoms with Crippen molar-refractivity contribution in [3.63, 3.8) is 0 Å². The fourth-order valence-electron chi connectivity index (χ4n) is 2.36. The second kappa shape index (κ2) is 5.15. The SMILES string of the molecule is C#CCC(OC(C)=O)c1c(C)cc2oncc2c1C. The van der Waals surface area contributed by atoms with Gasteiger partial charge in [0.05, 0.1) is 12.6 Å². The Balaban J connectivity index is 2.58. The molecule has 0 saturated heterocycles. The van der Waals surface area contributed by atoms with Crippen molar-refractivity contribution in [2.45, 2.75) is 33.3 Å². The van der Waals surface area contributed by atoms with E-state index in [4.69, 9.17) is 15.7 Å². The number of hydrogen-bond acceptors (Lipinski definition) is 4. The Morgan fingerprint density at radius 3 is 2.95 bits per heavy atom. The molecule has 0 radical (unpaired) electrons. The van der Waals surface area contributed by atoms with E-state index in [9.17, 15) is 4.79 Å². The van der Waals surface area contributed by atoms with E-state index in [0.29, 0.717) is 6.42 Å². The van der Waals surface area contributed by atoms with Crippen molar-refractivity contribution in [1.29, 1.82) is 0 Å². The maximum Gasteiger partial charge on any atom is 0.303 e. The van der Waals surface area contributed by atoms with Crippen molar-refractivity contribution < 1.29 is 14.1 Å². The molecule has 4 nitrogen and oxygen atoms in total. The van der Waals surface area contributed by atoms with E-state index < -0.39 is 6.10 Å². The Bertz CT molecular complexity index is 664. The molecule has 1 heterocycles. The predicted octanol–water partition coefficient (Wildman–Crippen LogP) is 3.07. The molecule has 4 heteroatoms. The van der Waals surface area contributed by atoms with Crippen LogP contribution in [0.2, 0.25) is 0 Å². The predicted molar refractivity (Wildman–Crippen MR) is 71.4 cm³/mol. The number of fused-ring (bicyclic) bond motifs is 1. The van der Waals surface area contributed by atoms with Gasteiger partial charge in [0.15, 0.2) is 5.58 Å². The summed E-state index contributed by atoms with van der Waals surface area (Å²) >= 11 is 0. The molecule has 1 aromatic carbocycles. The number of terminal acetylenes is 1. The van der Waals surface area contributed by atoms with Gasteiger partial charge >= 0.3 is 5.97 Å². The highest BCUT2D eigenvalue weighted by molar-refractivity contribution is 5.82. The van der Waals surface area contributed by atoms with E-state index in [1.807, 2.05) is 19.9 Å². The molecule has 19 heavy (non-hydrogen) atoms. The van der Waals surface area contributed by atoms with Gasteiger partial charge < -0.3 is 9.26 Å². The van der Waals surface area contributed by atoms with Gasteiger partial charge in [0.1, 0.15) is 6.10 Å². The van der Waals surface area contributed by atoms with Gasteiger partial charge in [-0.25, -0.2) is 0 Å². The first-order valence-corrected chi connectivity index (χ1v) is 5.99. The molecule has 1 aromatic heterocycles. The molecular formula is C15H15NO3. The van der Waals surface area contributed by atoms with Gasteiger partial charge in [0, 0.05) is 17.9 Å². The van der Waals surface area contributed by atoms with Crippen molar-refractivity contribution in [2.75, 3.05) is 0 Å². The number of carbonyl (C=O) groups excluding carboxylic acids is 1. The molecule has 0 spiro atoms. The molecular weight excluding hydrogens is 242 g/mol. The van der Waals surface area contributed by atoms with Crippen molar-refractivity contribution in [3.8, 4) is 12.3 Å². The van der Waals surface area contributed by atoms with Crippen LogP contribution in [0.1, 0.15) is 36.1 Å². The third-order valence-corrected chi connectivity index (χ3v) is 3.11. The van der Waals surface area contributed by atoms with Crippen LogP contribution in [-0.2, 0) is 9.53 Å². The van der Waals surface area contributed by atoms with Crippen LogP contribution in [-0.4, -0.2) is 11.1 Å². The Labute approximate surface area is 111 Å². The molecule has 0 fully saturated rings. The summed E-state index contributed by atoms with van der Waals surface area (Å²) in [6.45, 7) is 5.28. The molecule has 0 saturated carbocycles. The van der Waals surface area contributed by atoms with Crippen molar-refractivity contribution >= 4 is 16.9 Å². The first-order chi connectivity index (χ1) is 9.04. The second-order valence-corrected chi connectivity index (χ2v) is 4.48. The third kappa shape index (κ3) is 2.45. The summed E-state index contributed by atoms with van der Waals surface area (Å²) in [5.41, 5.74) is 3.62. The fourth-order valence-corrected chi connectivity index (χ4v) is 2.36. The molecule has 0 N–H and O–H groups in total. The molecule has 0 bridgehead atoms. The number of hydrogen-bond donors (Lipinski definition) is 0. The molecule has 98 valence electrons. The largest absolute Gasteiger partial charge is 0.457 e. The zero-order chi connectivity index (χ0) is 14.0. The summed E-state index contributed by atoms with van der Waals surface area (Å²) in [6.07, 6.45) is 6.94. The van der Waals surface area contributed by atoms with Crippen LogP contribution in [0.15, 0.2) is 16.8 Å². The lowest BCUT2D eigenvalue weighted by Crippen LogP contribution is -2.11. The molecule has 0 amide bonds. The monoisotopic (exact) mass is 257 g/mol. The van der Waals surface area contributed by atoms with Crippen LogP contribution in [0.4, 0.5) is 0 Å². The topological polar surface area (TPSA) is 52.3 Å². The van der Waals surface area contributed by atoms with Gasteiger partial charge in [-0.2, -0.15) is 0 Å². The molecule has 0 aliphatic carbocycles. The van der Waals surface area contributed by atoms with Gasteiger partial charge in [-0.3, -0.25) is 4.79 Å². The number of ether oxygens (including phenoxy) is 1. The average molecular weight is 257 g/mol. The minimum atomic E-state index is -0.429. The van der Waals surface area contributed by atoms with Crippen molar-refractivity contribution in [3.05, 3.63) is 29.0 Å². The van der Waals surface area contributed by atoms with Gasteiger partial charge in [0.2, 0.25) is 0 Å². The molecule has 2 aromatic rings. The van der Waals surface area contributed by atoms with Crippen molar-refractivity contribution in [2.24, 2.45) is 0 Å². The Hall–Kier alpha value is -2.28. The lowest BCUT2D eigenvalue weighted by molar-refractivity contribution is -0.146.